The Labute approximate surface area is 26.8 Å². The maximum Gasteiger partial charge on any atom is 0.0192 e. The molecule has 1 nitrogen and oxygen atoms in total. The van der Waals surface area contributed by atoms with E-state index in [4.69, 9.17) is 5.73 Å². The lowest BCUT2D eigenvalue weighted by Crippen LogP contribution is -1.83. The molecule has 2 N–H and O–H groups in total. The van der Waals surface area contributed by atoms with Crippen molar-refractivity contribution in [2.24, 2.45) is 5.73 Å². The molecule has 0 saturated carbocycles. The van der Waals surface area contributed by atoms with E-state index in [0.717, 1.165) is 6.42 Å². The van der Waals surface area contributed by atoms with Gasteiger partial charge in [0.15, 0.2) is 0 Å². The molecule has 1 heteroatoms. The maximum absolute atomic E-state index is 4.84. The molecule has 0 rings (SSSR count). The van der Waals surface area contributed by atoms with Crippen molar-refractivity contribution in [3.63, 3.8) is 0 Å². The van der Waals surface area contributed by atoms with Crippen molar-refractivity contribution >= 4 is 0 Å². The molecule has 2 radical (unpaired) electrons. The number of nitrogens with two attached hydrogens (primary N) is 1. The molecule has 0 atom stereocenters. The minimum absolute atomic E-state index is 0.722. The van der Waals surface area contributed by atoms with Crippen molar-refractivity contribution in [3.05, 3.63) is 13.5 Å². The molecule has 0 aromatic carbocycles. The zero-order chi connectivity index (χ0) is 3.41. The fourth-order valence-electron chi connectivity index (χ4n) is 0. The van der Waals surface area contributed by atoms with E-state index in [-0.39, 0.29) is 0 Å². The summed E-state index contributed by atoms with van der Waals surface area (Å²) in [4.78, 5) is 0. The highest BCUT2D eigenvalue weighted by Gasteiger charge is 1.57. The van der Waals surface area contributed by atoms with Crippen LogP contribution in [-0.4, -0.2) is 0 Å². The fourth-order valence-corrected chi connectivity index (χ4v) is 0. The molecule has 0 aromatic rings. The first-order chi connectivity index (χ1) is 1.91. The zero-order valence-electron chi connectivity index (χ0n) is 2.57. The summed E-state index contributed by atoms with van der Waals surface area (Å²) in [5.74, 6) is 0. The van der Waals surface area contributed by atoms with Crippen LogP contribution < -0.4 is 5.73 Å². The van der Waals surface area contributed by atoms with Gasteiger partial charge in [0.1, 0.15) is 0 Å². The van der Waals surface area contributed by atoms with Gasteiger partial charge in [0, 0.05) is 6.54 Å². The molecular formula is C3H7N. The summed E-state index contributed by atoms with van der Waals surface area (Å²) in [7, 11) is 0. The highest BCUT2D eigenvalue weighted by molar-refractivity contribution is 4.51. The summed E-state index contributed by atoms with van der Waals surface area (Å²) in [6.07, 6.45) is 0.722. The minimum Gasteiger partial charge on any atom is -0.326 e. The SMILES string of the molecule is [CH2]C[CH]N. The van der Waals surface area contributed by atoms with Gasteiger partial charge >= 0.3 is 0 Å². The van der Waals surface area contributed by atoms with Crippen LogP contribution in [0.25, 0.3) is 0 Å². The van der Waals surface area contributed by atoms with Crippen molar-refractivity contribution in [1.82, 2.24) is 0 Å². The van der Waals surface area contributed by atoms with E-state index in [1.807, 2.05) is 0 Å². The molecule has 0 saturated heterocycles. The average Bonchev–Trinajstić information content (AvgIpc) is 1.37. The summed E-state index contributed by atoms with van der Waals surface area (Å²) in [5.41, 5.74) is 4.84. The molecule has 0 aliphatic rings. The van der Waals surface area contributed by atoms with Crippen molar-refractivity contribution in [2.45, 2.75) is 6.42 Å². The van der Waals surface area contributed by atoms with E-state index in [9.17, 15) is 0 Å². The van der Waals surface area contributed by atoms with Gasteiger partial charge in [-0.15, -0.1) is 0 Å². The lowest BCUT2D eigenvalue weighted by Gasteiger charge is -1.68. The predicted molar refractivity (Wildman–Crippen MR) is 18.5 cm³/mol. The lowest BCUT2D eigenvalue weighted by molar-refractivity contribution is 1.17. The molecule has 0 aliphatic heterocycles. The maximum atomic E-state index is 4.84. The van der Waals surface area contributed by atoms with Crippen molar-refractivity contribution in [2.75, 3.05) is 0 Å². The summed E-state index contributed by atoms with van der Waals surface area (Å²) in [5, 5.41) is 0. The molecule has 0 aliphatic carbocycles. The topological polar surface area (TPSA) is 26.0 Å². The van der Waals surface area contributed by atoms with E-state index in [2.05, 4.69) is 6.92 Å². The van der Waals surface area contributed by atoms with Gasteiger partial charge in [0.05, 0.1) is 0 Å². The van der Waals surface area contributed by atoms with E-state index in [1.54, 1.807) is 0 Å². The van der Waals surface area contributed by atoms with E-state index in [0.29, 0.717) is 0 Å². The average molecular weight is 57.1 g/mol. The van der Waals surface area contributed by atoms with Crippen molar-refractivity contribution in [3.8, 4) is 0 Å². The summed E-state index contributed by atoms with van der Waals surface area (Å²) >= 11 is 0. The summed E-state index contributed by atoms with van der Waals surface area (Å²) in [6, 6.07) is 0. The quantitative estimate of drug-likeness (QED) is 0.461. The molecule has 0 heterocycles. The van der Waals surface area contributed by atoms with E-state index >= 15 is 0 Å². The molecule has 0 fully saturated rings. The van der Waals surface area contributed by atoms with Crippen molar-refractivity contribution in [1.29, 1.82) is 0 Å². The molecule has 0 aromatic heterocycles. The van der Waals surface area contributed by atoms with Gasteiger partial charge in [-0.25, -0.2) is 0 Å². The fraction of sp³-hybridized carbons (Fsp3) is 0.333. The molecule has 4 heavy (non-hydrogen) atoms. The Hall–Kier alpha value is -0.0400. The van der Waals surface area contributed by atoms with Gasteiger partial charge in [0.2, 0.25) is 0 Å². The minimum atomic E-state index is 0.722. The molecule has 0 spiro atoms. The lowest BCUT2D eigenvalue weighted by atomic mass is 10.5. The first kappa shape index (κ1) is 3.96. The Morgan fingerprint density at radius 2 is 2.25 bits per heavy atom. The van der Waals surface area contributed by atoms with Crippen LogP contribution in [0.5, 0.6) is 0 Å². The second-order valence-electron chi connectivity index (χ2n) is 0.524. The summed E-state index contributed by atoms with van der Waals surface area (Å²) in [6.45, 7) is 4.94. The normalized spacial score (nSPS) is 7.50. The highest BCUT2D eigenvalue weighted by Crippen LogP contribution is 1.64. The second-order valence-corrected chi connectivity index (χ2v) is 0.524. The number of rotatable bonds is 1. The first-order valence-corrected chi connectivity index (χ1v) is 1.24. The van der Waals surface area contributed by atoms with E-state index in [1.165, 1.54) is 6.54 Å². The van der Waals surface area contributed by atoms with Crippen LogP contribution in [0.4, 0.5) is 0 Å². The largest absolute Gasteiger partial charge is 0.326 e. The Morgan fingerprint density at radius 1 is 2.00 bits per heavy atom. The standard InChI is InChI=1S/C3H7N/c1-2-3-4/h3H,1-2,4H2. The zero-order valence-corrected chi connectivity index (χ0v) is 2.57. The Balaban J connectivity index is 1.97. The third kappa shape index (κ3) is 1.96. The molecule has 0 unspecified atom stereocenters. The monoisotopic (exact) mass is 57.1 g/mol. The Bertz CT molecular complexity index is 5.25. The second kappa shape index (κ2) is 2.96. The van der Waals surface area contributed by atoms with Crippen molar-refractivity contribution < 1.29 is 0 Å². The number of hydrogen-bond acceptors (Lipinski definition) is 1. The third-order valence-corrected chi connectivity index (χ3v) is 0.167. The summed E-state index contributed by atoms with van der Waals surface area (Å²) < 4.78 is 0. The third-order valence-electron chi connectivity index (χ3n) is 0.167. The van der Waals surface area contributed by atoms with Gasteiger partial charge in [-0.05, 0) is 6.42 Å². The van der Waals surface area contributed by atoms with Crippen LogP contribution in [0.15, 0.2) is 0 Å². The molecular weight excluding hydrogens is 50.0 g/mol. The van der Waals surface area contributed by atoms with Gasteiger partial charge in [-0.3, -0.25) is 0 Å². The van der Waals surface area contributed by atoms with Crippen LogP contribution >= 0.6 is 0 Å². The predicted octanol–water partition coefficient (Wildman–Crippen LogP) is 0.331. The Kier molecular flexibility index (Phi) is 2.93. The van der Waals surface area contributed by atoms with Gasteiger partial charge in [0.25, 0.3) is 0 Å². The number of hydrogen-bond donors (Lipinski definition) is 1. The van der Waals surface area contributed by atoms with Gasteiger partial charge in [-0.1, -0.05) is 6.92 Å². The van der Waals surface area contributed by atoms with Gasteiger partial charge in [-0.2, -0.15) is 0 Å². The molecule has 0 bridgehead atoms. The Morgan fingerprint density at radius 3 is 2.25 bits per heavy atom. The van der Waals surface area contributed by atoms with Crippen LogP contribution in [0.2, 0.25) is 0 Å². The van der Waals surface area contributed by atoms with Crippen LogP contribution in [0, 0.1) is 13.5 Å². The molecule has 0 amide bonds. The smallest absolute Gasteiger partial charge is 0.0192 e. The van der Waals surface area contributed by atoms with E-state index < -0.39 is 0 Å². The van der Waals surface area contributed by atoms with Crippen LogP contribution in [-0.2, 0) is 0 Å². The van der Waals surface area contributed by atoms with Crippen LogP contribution in [0.1, 0.15) is 6.42 Å². The highest BCUT2D eigenvalue weighted by atomic mass is 14.5. The first-order valence-electron chi connectivity index (χ1n) is 1.24. The molecule has 24 valence electrons. The van der Waals surface area contributed by atoms with Crippen LogP contribution in [0.3, 0.4) is 0 Å². The van der Waals surface area contributed by atoms with Gasteiger partial charge < -0.3 is 5.73 Å².